The summed E-state index contributed by atoms with van der Waals surface area (Å²) in [5, 5.41) is 8.16. The standard InChI is InChI=1S/C11H9Cl2N3S/c1-14-11(17)9-6-15-16(10(9)13)8-4-2-3-7(12)5-8/h2-6H,1H3,(H,14,17). The van der Waals surface area contributed by atoms with Crippen molar-refractivity contribution in [1.29, 1.82) is 0 Å². The van der Waals surface area contributed by atoms with Crippen molar-refractivity contribution >= 4 is 40.4 Å². The second-order valence-corrected chi connectivity index (χ2v) is 4.52. The first kappa shape index (κ1) is 12.4. The Kier molecular flexibility index (Phi) is 3.66. The Labute approximate surface area is 114 Å². The Morgan fingerprint density at radius 2 is 2.18 bits per heavy atom. The highest BCUT2D eigenvalue weighted by molar-refractivity contribution is 7.80. The predicted octanol–water partition coefficient (Wildman–Crippen LogP) is 3.07. The summed E-state index contributed by atoms with van der Waals surface area (Å²) in [5.41, 5.74) is 1.50. The number of hydrogen-bond acceptors (Lipinski definition) is 2. The van der Waals surface area contributed by atoms with E-state index in [0.29, 0.717) is 20.7 Å². The van der Waals surface area contributed by atoms with Gasteiger partial charge in [-0.3, -0.25) is 0 Å². The third-order valence-electron chi connectivity index (χ3n) is 2.23. The van der Waals surface area contributed by atoms with Gasteiger partial charge in [-0.2, -0.15) is 5.10 Å². The van der Waals surface area contributed by atoms with Gasteiger partial charge in [-0.05, 0) is 18.2 Å². The summed E-state index contributed by atoms with van der Waals surface area (Å²) in [5.74, 6) is 0. The lowest BCUT2D eigenvalue weighted by atomic mass is 10.3. The van der Waals surface area contributed by atoms with E-state index in [1.807, 2.05) is 12.1 Å². The molecule has 1 aromatic heterocycles. The molecule has 0 bridgehead atoms. The lowest BCUT2D eigenvalue weighted by molar-refractivity contribution is 0.881. The fourth-order valence-corrected chi connectivity index (χ4v) is 2.08. The van der Waals surface area contributed by atoms with Gasteiger partial charge in [0.15, 0.2) is 0 Å². The minimum atomic E-state index is 0.464. The van der Waals surface area contributed by atoms with Gasteiger partial charge in [0, 0.05) is 12.1 Å². The first-order valence-electron chi connectivity index (χ1n) is 4.85. The largest absolute Gasteiger partial charge is 0.379 e. The normalized spacial score (nSPS) is 10.3. The molecule has 1 heterocycles. The lowest BCUT2D eigenvalue weighted by Gasteiger charge is -2.04. The van der Waals surface area contributed by atoms with Crippen LogP contribution in [0.1, 0.15) is 5.56 Å². The van der Waals surface area contributed by atoms with Crippen LogP contribution in [0.5, 0.6) is 0 Å². The van der Waals surface area contributed by atoms with Gasteiger partial charge in [-0.1, -0.05) is 41.5 Å². The van der Waals surface area contributed by atoms with Gasteiger partial charge in [0.1, 0.15) is 10.1 Å². The molecular weight excluding hydrogens is 277 g/mol. The summed E-state index contributed by atoms with van der Waals surface area (Å²) in [6, 6.07) is 7.29. The second-order valence-electron chi connectivity index (χ2n) is 3.32. The SMILES string of the molecule is CNC(=S)c1cnn(-c2cccc(Cl)c2)c1Cl. The minimum Gasteiger partial charge on any atom is -0.379 e. The highest BCUT2D eigenvalue weighted by Crippen LogP contribution is 2.22. The Morgan fingerprint density at radius 3 is 2.82 bits per heavy atom. The predicted molar refractivity (Wildman–Crippen MR) is 74.3 cm³/mol. The minimum absolute atomic E-state index is 0.464. The van der Waals surface area contributed by atoms with E-state index in [2.05, 4.69) is 10.4 Å². The van der Waals surface area contributed by atoms with Gasteiger partial charge in [0.2, 0.25) is 0 Å². The lowest BCUT2D eigenvalue weighted by Crippen LogP contribution is -2.16. The molecular formula is C11H9Cl2N3S. The molecule has 0 saturated heterocycles. The Hall–Kier alpha value is -1.10. The maximum absolute atomic E-state index is 6.21. The van der Waals surface area contributed by atoms with Gasteiger partial charge in [-0.15, -0.1) is 0 Å². The Balaban J connectivity index is 2.48. The van der Waals surface area contributed by atoms with Gasteiger partial charge in [0.25, 0.3) is 0 Å². The van der Waals surface area contributed by atoms with Crippen LogP contribution in [0.15, 0.2) is 30.5 Å². The first-order valence-corrected chi connectivity index (χ1v) is 6.01. The third-order valence-corrected chi connectivity index (χ3v) is 3.26. The molecule has 88 valence electrons. The van der Waals surface area contributed by atoms with Crippen LogP contribution in [0.3, 0.4) is 0 Å². The van der Waals surface area contributed by atoms with E-state index in [9.17, 15) is 0 Å². The summed E-state index contributed by atoms with van der Waals surface area (Å²) >= 11 is 17.3. The molecule has 0 fully saturated rings. The van der Waals surface area contributed by atoms with Gasteiger partial charge in [0.05, 0.1) is 17.4 Å². The average molecular weight is 286 g/mol. The quantitative estimate of drug-likeness (QED) is 0.860. The van der Waals surface area contributed by atoms with Crippen molar-refractivity contribution in [1.82, 2.24) is 15.1 Å². The van der Waals surface area contributed by atoms with E-state index < -0.39 is 0 Å². The maximum atomic E-state index is 6.21. The summed E-state index contributed by atoms with van der Waals surface area (Å²) in [4.78, 5) is 0.559. The smallest absolute Gasteiger partial charge is 0.143 e. The molecule has 0 atom stereocenters. The van der Waals surface area contributed by atoms with Crippen LogP contribution in [0.25, 0.3) is 5.69 Å². The van der Waals surface area contributed by atoms with E-state index in [0.717, 1.165) is 5.69 Å². The topological polar surface area (TPSA) is 29.9 Å². The molecule has 3 nitrogen and oxygen atoms in total. The Bertz CT molecular complexity index is 566. The van der Waals surface area contributed by atoms with Crippen LogP contribution in [0.2, 0.25) is 10.2 Å². The van der Waals surface area contributed by atoms with Crippen molar-refractivity contribution in [3.63, 3.8) is 0 Å². The maximum Gasteiger partial charge on any atom is 0.143 e. The Morgan fingerprint density at radius 1 is 1.41 bits per heavy atom. The number of thiocarbonyl (C=S) groups is 1. The molecule has 1 N–H and O–H groups in total. The molecule has 0 saturated carbocycles. The fourth-order valence-electron chi connectivity index (χ4n) is 1.41. The van der Waals surface area contributed by atoms with Crippen LogP contribution in [-0.2, 0) is 0 Å². The second kappa shape index (κ2) is 5.04. The van der Waals surface area contributed by atoms with Crippen LogP contribution < -0.4 is 5.32 Å². The molecule has 0 aliphatic carbocycles. The number of nitrogens with one attached hydrogen (secondary N) is 1. The van der Waals surface area contributed by atoms with Crippen molar-refractivity contribution in [2.45, 2.75) is 0 Å². The number of nitrogens with zero attached hydrogens (tertiary/aromatic N) is 2. The molecule has 0 radical (unpaired) electrons. The summed E-state index contributed by atoms with van der Waals surface area (Å²) in [7, 11) is 1.75. The molecule has 1 aromatic carbocycles. The zero-order valence-electron chi connectivity index (χ0n) is 8.95. The van der Waals surface area contributed by atoms with Crippen LogP contribution in [0.4, 0.5) is 0 Å². The van der Waals surface area contributed by atoms with Gasteiger partial charge in [-0.25, -0.2) is 4.68 Å². The molecule has 0 aliphatic rings. The fraction of sp³-hybridized carbons (Fsp3) is 0.0909. The zero-order chi connectivity index (χ0) is 12.4. The molecule has 2 aromatic rings. The van der Waals surface area contributed by atoms with E-state index >= 15 is 0 Å². The summed E-state index contributed by atoms with van der Waals surface area (Å²) in [6.07, 6.45) is 1.63. The monoisotopic (exact) mass is 285 g/mol. The van der Waals surface area contributed by atoms with Crippen molar-refractivity contribution in [3.8, 4) is 5.69 Å². The molecule has 0 unspecified atom stereocenters. The van der Waals surface area contributed by atoms with E-state index in [1.165, 1.54) is 0 Å². The van der Waals surface area contributed by atoms with Crippen LogP contribution in [0, 0.1) is 0 Å². The number of rotatable bonds is 2. The van der Waals surface area contributed by atoms with Gasteiger partial charge >= 0.3 is 0 Å². The molecule has 17 heavy (non-hydrogen) atoms. The van der Waals surface area contributed by atoms with E-state index in [1.54, 1.807) is 30.1 Å². The number of halogens is 2. The average Bonchev–Trinajstić information content (AvgIpc) is 2.70. The van der Waals surface area contributed by atoms with E-state index in [-0.39, 0.29) is 0 Å². The summed E-state index contributed by atoms with van der Waals surface area (Å²) < 4.78 is 1.59. The van der Waals surface area contributed by atoms with Crippen molar-refractivity contribution in [3.05, 3.63) is 46.2 Å². The third kappa shape index (κ3) is 2.44. The zero-order valence-corrected chi connectivity index (χ0v) is 11.3. The highest BCUT2D eigenvalue weighted by Gasteiger charge is 2.13. The van der Waals surface area contributed by atoms with E-state index in [4.69, 9.17) is 35.4 Å². The highest BCUT2D eigenvalue weighted by atomic mass is 35.5. The first-order chi connectivity index (χ1) is 8.13. The number of hydrogen-bond donors (Lipinski definition) is 1. The van der Waals surface area contributed by atoms with Crippen molar-refractivity contribution in [2.24, 2.45) is 0 Å². The molecule has 0 aliphatic heterocycles. The van der Waals surface area contributed by atoms with Gasteiger partial charge < -0.3 is 5.32 Å². The number of aromatic nitrogens is 2. The van der Waals surface area contributed by atoms with Crippen molar-refractivity contribution < 1.29 is 0 Å². The molecule has 2 rings (SSSR count). The number of benzene rings is 1. The molecule has 0 amide bonds. The molecule has 6 heteroatoms. The van der Waals surface area contributed by atoms with Crippen LogP contribution in [-0.4, -0.2) is 21.8 Å². The van der Waals surface area contributed by atoms with Crippen molar-refractivity contribution in [2.75, 3.05) is 7.05 Å². The molecule has 0 spiro atoms. The summed E-state index contributed by atoms with van der Waals surface area (Å²) in [6.45, 7) is 0. The van der Waals surface area contributed by atoms with Crippen LogP contribution >= 0.6 is 35.4 Å².